The van der Waals surface area contributed by atoms with Crippen LogP contribution in [-0.2, 0) is 11.2 Å². The van der Waals surface area contributed by atoms with Gasteiger partial charge in [0.15, 0.2) is 0 Å². The van der Waals surface area contributed by atoms with Gasteiger partial charge in [-0.2, -0.15) is 5.26 Å². The van der Waals surface area contributed by atoms with Crippen molar-refractivity contribution < 1.29 is 4.79 Å². The van der Waals surface area contributed by atoms with Gasteiger partial charge in [-0.1, -0.05) is 88.1 Å². The molecule has 0 saturated heterocycles. The highest BCUT2D eigenvalue weighted by Gasteiger charge is 2.15. The molecule has 158 valence electrons. The molecule has 0 atom stereocenters. The third-order valence-corrected chi connectivity index (χ3v) is 5.68. The molecule has 1 aromatic rings. The summed E-state index contributed by atoms with van der Waals surface area (Å²) < 4.78 is 0. The van der Waals surface area contributed by atoms with Gasteiger partial charge in [0, 0.05) is 18.8 Å². The molecule has 2 N–H and O–H groups in total. The molecule has 2 rings (SSSR count). The molecular formula is C25H37N3O. The van der Waals surface area contributed by atoms with E-state index in [0.717, 1.165) is 45.1 Å². The van der Waals surface area contributed by atoms with Gasteiger partial charge in [0.05, 0.1) is 0 Å². The number of nitrogens with zero attached hydrogens (tertiary/aromatic N) is 1. The number of carbonyl (C=O) groups is 1. The van der Waals surface area contributed by atoms with Crippen LogP contribution in [0.4, 0.5) is 0 Å². The largest absolute Gasteiger partial charge is 0.390 e. The molecule has 1 amide bonds. The molecule has 0 aromatic heterocycles. The molecule has 1 aromatic carbocycles. The van der Waals surface area contributed by atoms with Crippen molar-refractivity contribution in [2.45, 2.75) is 89.5 Å². The average molecular weight is 396 g/mol. The predicted molar refractivity (Wildman–Crippen MR) is 119 cm³/mol. The van der Waals surface area contributed by atoms with Crippen molar-refractivity contribution in [3.63, 3.8) is 0 Å². The van der Waals surface area contributed by atoms with E-state index in [1.54, 1.807) is 6.20 Å². The van der Waals surface area contributed by atoms with Crippen LogP contribution >= 0.6 is 0 Å². The van der Waals surface area contributed by atoms with Crippen molar-refractivity contribution in [1.29, 1.82) is 5.26 Å². The van der Waals surface area contributed by atoms with Crippen LogP contribution < -0.4 is 10.6 Å². The van der Waals surface area contributed by atoms with E-state index < -0.39 is 0 Å². The van der Waals surface area contributed by atoms with Gasteiger partial charge in [0.2, 0.25) is 0 Å². The van der Waals surface area contributed by atoms with Crippen molar-refractivity contribution in [1.82, 2.24) is 10.6 Å². The maximum Gasteiger partial charge on any atom is 0.263 e. The first-order valence-corrected chi connectivity index (χ1v) is 11.5. The van der Waals surface area contributed by atoms with Crippen molar-refractivity contribution in [3.8, 4) is 6.07 Å². The van der Waals surface area contributed by atoms with E-state index >= 15 is 0 Å². The third kappa shape index (κ3) is 10.2. The molecule has 4 heteroatoms. The maximum absolute atomic E-state index is 12.6. The van der Waals surface area contributed by atoms with Crippen LogP contribution in [0, 0.1) is 11.3 Å². The van der Waals surface area contributed by atoms with Gasteiger partial charge in [0.1, 0.15) is 11.6 Å². The van der Waals surface area contributed by atoms with Crippen LogP contribution in [0.3, 0.4) is 0 Å². The van der Waals surface area contributed by atoms with E-state index in [-0.39, 0.29) is 17.5 Å². The van der Waals surface area contributed by atoms with E-state index in [1.165, 1.54) is 50.5 Å². The van der Waals surface area contributed by atoms with Gasteiger partial charge < -0.3 is 10.6 Å². The second-order valence-corrected chi connectivity index (χ2v) is 8.14. The number of hydrogen-bond acceptors (Lipinski definition) is 3. The topological polar surface area (TPSA) is 64.9 Å². The van der Waals surface area contributed by atoms with Gasteiger partial charge in [-0.3, -0.25) is 4.79 Å². The maximum atomic E-state index is 12.6. The molecule has 0 aliphatic heterocycles. The number of nitriles is 1. The van der Waals surface area contributed by atoms with Crippen LogP contribution in [0.25, 0.3) is 0 Å². The highest BCUT2D eigenvalue weighted by Crippen LogP contribution is 2.17. The standard InChI is InChI=1S/C25H37N3O/c26-20-23(21-27-19-13-16-22-14-9-8-10-15-22)25(29)28-24-17-11-6-4-2-1-3-5-7-12-18-24/h8-10,14-15,21,24,27H,1-7,11-13,16-19H2,(H,28,29)/b23-21-. The van der Waals surface area contributed by atoms with Gasteiger partial charge >= 0.3 is 0 Å². The molecule has 1 saturated carbocycles. The fraction of sp³-hybridized carbons (Fsp3) is 0.600. The average Bonchev–Trinajstić information content (AvgIpc) is 2.73. The fourth-order valence-electron chi connectivity index (χ4n) is 3.93. The summed E-state index contributed by atoms with van der Waals surface area (Å²) in [7, 11) is 0. The number of aryl methyl sites for hydroxylation is 1. The minimum Gasteiger partial charge on any atom is -0.390 e. The summed E-state index contributed by atoms with van der Waals surface area (Å²) >= 11 is 0. The smallest absolute Gasteiger partial charge is 0.263 e. The zero-order valence-electron chi connectivity index (χ0n) is 17.8. The summed E-state index contributed by atoms with van der Waals surface area (Å²) in [5.41, 5.74) is 1.48. The van der Waals surface area contributed by atoms with Gasteiger partial charge in [-0.05, 0) is 31.2 Å². The minimum absolute atomic E-state index is 0.177. The van der Waals surface area contributed by atoms with Crippen LogP contribution in [0.15, 0.2) is 42.1 Å². The number of nitrogens with one attached hydrogen (secondary N) is 2. The molecule has 0 unspecified atom stereocenters. The Morgan fingerprint density at radius 2 is 1.55 bits per heavy atom. The normalized spacial score (nSPS) is 17.4. The Hall–Kier alpha value is -2.28. The lowest BCUT2D eigenvalue weighted by molar-refractivity contribution is -0.117. The molecule has 29 heavy (non-hydrogen) atoms. The lowest BCUT2D eigenvalue weighted by Gasteiger charge is -2.19. The Kier molecular flexibility index (Phi) is 11.6. The Morgan fingerprint density at radius 1 is 0.966 bits per heavy atom. The quantitative estimate of drug-likeness (QED) is 0.369. The van der Waals surface area contributed by atoms with Crippen LogP contribution in [0.5, 0.6) is 0 Å². The summed E-state index contributed by atoms with van der Waals surface area (Å²) in [6, 6.07) is 12.6. The van der Waals surface area contributed by atoms with Gasteiger partial charge in [0.25, 0.3) is 5.91 Å². The van der Waals surface area contributed by atoms with Crippen molar-refractivity contribution in [2.75, 3.05) is 6.54 Å². The van der Waals surface area contributed by atoms with Crippen molar-refractivity contribution in [3.05, 3.63) is 47.7 Å². The van der Waals surface area contributed by atoms with Crippen molar-refractivity contribution >= 4 is 5.91 Å². The fourth-order valence-corrected chi connectivity index (χ4v) is 3.93. The second kappa shape index (κ2) is 14.7. The van der Waals surface area contributed by atoms with Crippen LogP contribution in [0.1, 0.15) is 82.6 Å². The summed E-state index contributed by atoms with van der Waals surface area (Å²) in [6.07, 6.45) is 17.0. The SMILES string of the molecule is N#C/C(=C/NCCCc1ccccc1)C(=O)NC1CCCCCCCCCCC1. The molecule has 4 nitrogen and oxygen atoms in total. The molecule has 1 aliphatic rings. The molecule has 0 radical (unpaired) electrons. The summed E-state index contributed by atoms with van der Waals surface area (Å²) in [5.74, 6) is -0.236. The first kappa shape index (κ1) is 23.0. The Labute approximate surface area is 176 Å². The highest BCUT2D eigenvalue weighted by molar-refractivity contribution is 5.97. The first-order valence-electron chi connectivity index (χ1n) is 11.5. The van der Waals surface area contributed by atoms with E-state index in [9.17, 15) is 10.1 Å². The zero-order chi connectivity index (χ0) is 20.6. The lowest BCUT2D eigenvalue weighted by atomic mass is 9.98. The number of hydrogen-bond donors (Lipinski definition) is 2. The van der Waals surface area contributed by atoms with Gasteiger partial charge in [-0.15, -0.1) is 0 Å². The van der Waals surface area contributed by atoms with Crippen LogP contribution in [0.2, 0.25) is 0 Å². The second-order valence-electron chi connectivity index (χ2n) is 8.14. The number of amides is 1. The Bertz CT molecular complexity index is 636. The van der Waals surface area contributed by atoms with Crippen molar-refractivity contribution in [2.24, 2.45) is 0 Å². The van der Waals surface area contributed by atoms with E-state index in [1.807, 2.05) is 18.2 Å². The van der Waals surface area contributed by atoms with Crippen LogP contribution in [-0.4, -0.2) is 18.5 Å². The monoisotopic (exact) mass is 395 g/mol. The first-order chi connectivity index (χ1) is 14.3. The summed E-state index contributed by atoms with van der Waals surface area (Å²) in [5, 5.41) is 15.6. The molecular weight excluding hydrogens is 358 g/mol. The molecule has 0 spiro atoms. The van der Waals surface area contributed by atoms with Gasteiger partial charge in [-0.25, -0.2) is 0 Å². The number of benzene rings is 1. The summed E-state index contributed by atoms with van der Waals surface area (Å²) in [6.45, 7) is 0.747. The minimum atomic E-state index is -0.236. The number of carbonyl (C=O) groups excluding carboxylic acids is 1. The molecule has 1 fully saturated rings. The predicted octanol–water partition coefficient (Wildman–Crippen LogP) is 5.41. The lowest BCUT2D eigenvalue weighted by Crippen LogP contribution is -2.36. The molecule has 0 heterocycles. The molecule has 0 bridgehead atoms. The highest BCUT2D eigenvalue weighted by atomic mass is 16.1. The van der Waals surface area contributed by atoms with E-state index in [2.05, 4.69) is 28.8 Å². The molecule has 1 aliphatic carbocycles. The Balaban J connectivity index is 1.75. The summed E-state index contributed by atoms with van der Waals surface area (Å²) in [4.78, 5) is 12.6. The Morgan fingerprint density at radius 3 is 2.14 bits per heavy atom. The number of rotatable bonds is 7. The third-order valence-electron chi connectivity index (χ3n) is 5.68. The van der Waals surface area contributed by atoms with E-state index in [0.29, 0.717) is 0 Å². The van der Waals surface area contributed by atoms with E-state index in [4.69, 9.17) is 0 Å². The zero-order valence-corrected chi connectivity index (χ0v) is 17.8.